The number of hydrogen-bond acceptors (Lipinski definition) is 4. The second kappa shape index (κ2) is 5.05. The van der Waals surface area contributed by atoms with E-state index >= 15 is 0 Å². The number of nitrogens with one attached hydrogen (secondary N) is 1. The molecule has 2 saturated carbocycles. The quantitative estimate of drug-likeness (QED) is 0.458. The number of halogens is 1. The van der Waals surface area contributed by atoms with Crippen molar-refractivity contribution in [1.29, 1.82) is 0 Å². The molecule has 5 nitrogen and oxygen atoms in total. The number of amides is 1. The van der Waals surface area contributed by atoms with Gasteiger partial charge >= 0.3 is 5.97 Å². The van der Waals surface area contributed by atoms with Gasteiger partial charge in [0.15, 0.2) is 0 Å². The van der Waals surface area contributed by atoms with Crippen molar-refractivity contribution in [3.05, 3.63) is 0 Å². The van der Waals surface area contributed by atoms with E-state index in [0.717, 1.165) is 12.8 Å². The summed E-state index contributed by atoms with van der Waals surface area (Å²) in [7, 11) is 1.64. The maximum absolute atomic E-state index is 12.3. The van der Waals surface area contributed by atoms with E-state index in [0.29, 0.717) is 13.2 Å². The van der Waals surface area contributed by atoms with Gasteiger partial charge in [0, 0.05) is 26.2 Å². The molecule has 1 saturated heterocycles. The molecule has 2 bridgehead atoms. The molecule has 1 amide bonds. The van der Waals surface area contributed by atoms with Crippen molar-refractivity contribution in [1.82, 2.24) is 5.32 Å². The standard InChI is InChI=1S/C13H18BrNO4/c1-18-4-2-3-15-12(16)8-6-5-7-9(8)13(17)19-11(7)10(6)14/h6-11H,2-5H2,1H3,(H,15,16)/t6-,7-,8-,9-,10-,11+/m1/s1. The molecule has 6 heteroatoms. The van der Waals surface area contributed by atoms with Gasteiger partial charge in [0.25, 0.3) is 0 Å². The Bertz CT molecular complexity index is 402. The normalized spacial score (nSPS) is 42.5. The Morgan fingerprint density at radius 1 is 1.53 bits per heavy atom. The summed E-state index contributed by atoms with van der Waals surface area (Å²) in [5.41, 5.74) is 0. The fourth-order valence-electron chi connectivity index (χ4n) is 3.88. The van der Waals surface area contributed by atoms with Crippen molar-refractivity contribution in [2.24, 2.45) is 23.7 Å². The Balaban J connectivity index is 1.65. The lowest BCUT2D eigenvalue weighted by molar-refractivity contribution is -0.145. The third kappa shape index (κ3) is 2.00. The van der Waals surface area contributed by atoms with Gasteiger partial charge in [0.05, 0.1) is 16.7 Å². The zero-order valence-electron chi connectivity index (χ0n) is 10.8. The number of carbonyl (C=O) groups excluding carboxylic acids is 2. The number of rotatable bonds is 5. The summed E-state index contributed by atoms with van der Waals surface area (Å²) in [6.45, 7) is 1.23. The van der Waals surface area contributed by atoms with Crippen LogP contribution in [0.2, 0.25) is 0 Å². The van der Waals surface area contributed by atoms with Crippen LogP contribution in [0, 0.1) is 23.7 Å². The van der Waals surface area contributed by atoms with Gasteiger partial charge in [-0.25, -0.2) is 0 Å². The molecule has 0 aromatic rings. The van der Waals surface area contributed by atoms with Gasteiger partial charge in [-0.3, -0.25) is 9.59 Å². The van der Waals surface area contributed by atoms with E-state index < -0.39 is 0 Å². The van der Waals surface area contributed by atoms with Crippen molar-refractivity contribution in [2.75, 3.05) is 20.3 Å². The number of methoxy groups -OCH3 is 1. The molecule has 0 radical (unpaired) electrons. The molecular formula is C13H18BrNO4. The maximum Gasteiger partial charge on any atom is 0.310 e. The highest BCUT2D eigenvalue weighted by Crippen LogP contribution is 2.59. The average molecular weight is 332 g/mol. The van der Waals surface area contributed by atoms with Crippen molar-refractivity contribution >= 4 is 27.8 Å². The van der Waals surface area contributed by atoms with Gasteiger partial charge in [-0.05, 0) is 18.8 Å². The number of hydrogen-bond donors (Lipinski definition) is 1. The van der Waals surface area contributed by atoms with Crippen molar-refractivity contribution in [2.45, 2.75) is 23.8 Å². The van der Waals surface area contributed by atoms with Crippen molar-refractivity contribution < 1.29 is 19.1 Å². The predicted molar refractivity (Wildman–Crippen MR) is 70.7 cm³/mol. The minimum Gasteiger partial charge on any atom is -0.461 e. The highest BCUT2D eigenvalue weighted by molar-refractivity contribution is 9.09. The molecule has 0 unspecified atom stereocenters. The maximum atomic E-state index is 12.3. The third-order valence-corrected chi connectivity index (χ3v) is 5.85. The van der Waals surface area contributed by atoms with Gasteiger partial charge in [-0.1, -0.05) is 15.9 Å². The Kier molecular flexibility index (Phi) is 3.55. The zero-order chi connectivity index (χ0) is 13.6. The Hall–Kier alpha value is -0.620. The molecule has 3 rings (SSSR count). The summed E-state index contributed by atoms with van der Waals surface area (Å²) >= 11 is 3.60. The number of carbonyl (C=O) groups is 2. The first-order chi connectivity index (χ1) is 9.15. The number of fused-ring (bicyclic) bond motifs is 1. The van der Waals surface area contributed by atoms with Crippen LogP contribution in [0.25, 0.3) is 0 Å². The summed E-state index contributed by atoms with van der Waals surface area (Å²) in [6, 6.07) is 0. The van der Waals surface area contributed by atoms with Gasteiger partial charge in [-0.15, -0.1) is 0 Å². The largest absolute Gasteiger partial charge is 0.461 e. The minimum atomic E-state index is -0.219. The summed E-state index contributed by atoms with van der Waals surface area (Å²) in [4.78, 5) is 24.3. The molecule has 1 heterocycles. The first-order valence-corrected chi connectivity index (χ1v) is 7.68. The van der Waals surface area contributed by atoms with Crippen LogP contribution in [-0.4, -0.2) is 43.1 Å². The van der Waals surface area contributed by atoms with E-state index in [9.17, 15) is 9.59 Å². The lowest BCUT2D eigenvalue weighted by Crippen LogP contribution is -2.43. The molecule has 2 aliphatic carbocycles. The van der Waals surface area contributed by atoms with Crippen LogP contribution in [-0.2, 0) is 19.1 Å². The lowest BCUT2D eigenvalue weighted by atomic mass is 9.79. The average Bonchev–Trinajstić information content (AvgIpc) is 2.98. The van der Waals surface area contributed by atoms with E-state index in [-0.39, 0.29) is 46.5 Å². The molecule has 0 spiro atoms. The van der Waals surface area contributed by atoms with Crippen LogP contribution < -0.4 is 5.32 Å². The van der Waals surface area contributed by atoms with E-state index in [1.54, 1.807) is 7.11 Å². The van der Waals surface area contributed by atoms with Crippen LogP contribution in [0.5, 0.6) is 0 Å². The third-order valence-electron chi connectivity index (χ3n) is 4.65. The molecule has 3 fully saturated rings. The van der Waals surface area contributed by atoms with Gasteiger partial charge in [0.1, 0.15) is 6.10 Å². The van der Waals surface area contributed by atoms with E-state index in [1.165, 1.54) is 0 Å². The Labute approximate surface area is 120 Å². The predicted octanol–water partition coefficient (Wildman–Crippen LogP) is 0.710. The van der Waals surface area contributed by atoms with Gasteiger partial charge < -0.3 is 14.8 Å². The second-order valence-electron chi connectivity index (χ2n) is 5.60. The van der Waals surface area contributed by atoms with E-state index in [1.807, 2.05) is 0 Å². The highest BCUT2D eigenvalue weighted by Gasteiger charge is 2.67. The first kappa shape index (κ1) is 13.4. The topological polar surface area (TPSA) is 64.6 Å². The minimum absolute atomic E-state index is 0.00430. The van der Waals surface area contributed by atoms with E-state index in [2.05, 4.69) is 21.2 Å². The Morgan fingerprint density at radius 2 is 2.32 bits per heavy atom. The van der Waals surface area contributed by atoms with Crippen LogP contribution in [0.15, 0.2) is 0 Å². The van der Waals surface area contributed by atoms with E-state index in [4.69, 9.17) is 9.47 Å². The Morgan fingerprint density at radius 3 is 3.05 bits per heavy atom. The fraction of sp³-hybridized carbons (Fsp3) is 0.846. The monoisotopic (exact) mass is 331 g/mol. The first-order valence-electron chi connectivity index (χ1n) is 6.76. The van der Waals surface area contributed by atoms with Crippen LogP contribution in [0.3, 0.4) is 0 Å². The van der Waals surface area contributed by atoms with Gasteiger partial charge in [0.2, 0.25) is 5.91 Å². The molecule has 1 N–H and O–H groups in total. The number of ether oxygens (including phenoxy) is 2. The molecule has 3 aliphatic rings. The van der Waals surface area contributed by atoms with Crippen LogP contribution >= 0.6 is 15.9 Å². The fourth-order valence-corrected chi connectivity index (χ4v) is 4.92. The SMILES string of the molecule is COCCCNC(=O)[C@@H]1[C@H]2C[C@H]3[C@H](OC(=O)[C@H]31)[C@@H]2Br. The van der Waals surface area contributed by atoms with Crippen molar-refractivity contribution in [3.63, 3.8) is 0 Å². The molecule has 19 heavy (non-hydrogen) atoms. The zero-order valence-corrected chi connectivity index (χ0v) is 12.4. The molecule has 0 aromatic heterocycles. The van der Waals surface area contributed by atoms with Crippen LogP contribution in [0.4, 0.5) is 0 Å². The number of alkyl halides is 1. The lowest BCUT2D eigenvalue weighted by Gasteiger charge is -2.27. The van der Waals surface area contributed by atoms with Crippen LogP contribution in [0.1, 0.15) is 12.8 Å². The smallest absolute Gasteiger partial charge is 0.310 e. The number of esters is 1. The molecule has 1 aliphatic heterocycles. The summed E-state index contributed by atoms with van der Waals surface area (Å²) in [5, 5.41) is 2.92. The second-order valence-corrected chi connectivity index (χ2v) is 6.66. The molecule has 6 atom stereocenters. The molecule has 0 aromatic carbocycles. The van der Waals surface area contributed by atoms with Gasteiger partial charge in [-0.2, -0.15) is 0 Å². The summed E-state index contributed by atoms with van der Waals surface area (Å²) < 4.78 is 10.3. The summed E-state index contributed by atoms with van der Waals surface area (Å²) in [5.74, 6) is -0.160. The summed E-state index contributed by atoms with van der Waals surface area (Å²) in [6.07, 6.45) is 1.70. The van der Waals surface area contributed by atoms with Crippen molar-refractivity contribution in [3.8, 4) is 0 Å². The highest BCUT2D eigenvalue weighted by atomic mass is 79.9. The molecule has 106 valence electrons. The molecular weight excluding hydrogens is 314 g/mol.